The number of hydrogen-bond acceptors (Lipinski definition) is 6. The minimum Gasteiger partial charge on any atom is -0.508 e. The van der Waals surface area contributed by atoms with Gasteiger partial charge in [0.25, 0.3) is 5.91 Å². The molecule has 0 saturated carbocycles. The Labute approximate surface area is 197 Å². The van der Waals surface area contributed by atoms with Crippen LogP contribution in [0.15, 0.2) is 66.7 Å². The summed E-state index contributed by atoms with van der Waals surface area (Å²) >= 11 is 0. The monoisotopic (exact) mass is 452 g/mol. The Kier molecular flexibility index (Phi) is 5.11. The molecule has 0 atom stereocenters. The lowest BCUT2D eigenvalue weighted by Gasteiger charge is -2.28. The van der Waals surface area contributed by atoms with E-state index in [0.717, 1.165) is 27.6 Å². The van der Waals surface area contributed by atoms with Gasteiger partial charge < -0.3 is 14.7 Å². The smallest absolute Gasteiger partial charge is 0.259 e. The van der Waals surface area contributed by atoms with E-state index in [1.54, 1.807) is 23.1 Å². The number of amides is 1. The summed E-state index contributed by atoms with van der Waals surface area (Å²) in [6.45, 7) is 3.14. The van der Waals surface area contributed by atoms with Gasteiger partial charge in [-0.1, -0.05) is 42.5 Å². The molecule has 170 valence electrons. The van der Waals surface area contributed by atoms with Gasteiger partial charge in [-0.15, -0.1) is 0 Å². The molecule has 0 bridgehead atoms. The zero-order chi connectivity index (χ0) is 23.1. The van der Waals surface area contributed by atoms with Crippen LogP contribution < -0.4 is 9.80 Å². The molecule has 6 rings (SSSR count). The van der Waals surface area contributed by atoms with Crippen molar-refractivity contribution in [1.29, 1.82) is 0 Å². The number of carbonyl (C=O) groups is 1. The van der Waals surface area contributed by atoms with Crippen LogP contribution >= 0.6 is 0 Å². The summed E-state index contributed by atoms with van der Waals surface area (Å²) in [6, 6.07) is 20.9. The van der Waals surface area contributed by atoms with Gasteiger partial charge in [-0.25, -0.2) is 4.98 Å². The second kappa shape index (κ2) is 8.43. The first-order chi connectivity index (χ1) is 16.7. The highest BCUT2D eigenvalue weighted by molar-refractivity contribution is 6.09. The highest BCUT2D eigenvalue weighted by atomic mass is 16.5. The molecule has 1 aromatic heterocycles. The SMILES string of the molecule is O=C(c1ccc2ccccc2c1)N1CCc2c(-c3cccc(O)c3)nc(N3CCOCC3)nc21. The van der Waals surface area contributed by atoms with Gasteiger partial charge in [0.05, 0.1) is 18.9 Å². The van der Waals surface area contributed by atoms with Gasteiger partial charge in [-0.05, 0) is 41.5 Å². The fourth-order valence-electron chi connectivity index (χ4n) is 4.72. The van der Waals surface area contributed by atoms with E-state index < -0.39 is 0 Å². The first kappa shape index (κ1) is 20.6. The predicted octanol–water partition coefficient (Wildman–Crippen LogP) is 4.04. The Morgan fingerprint density at radius 2 is 1.71 bits per heavy atom. The Hall–Kier alpha value is -3.97. The lowest BCUT2D eigenvalue weighted by molar-refractivity contribution is 0.0988. The zero-order valence-corrected chi connectivity index (χ0v) is 18.6. The van der Waals surface area contributed by atoms with Crippen molar-refractivity contribution < 1.29 is 14.6 Å². The molecule has 0 radical (unpaired) electrons. The molecule has 7 nitrogen and oxygen atoms in total. The molecule has 7 heteroatoms. The normalized spacial score (nSPS) is 15.5. The van der Waals surface area contributed by atoms with Crippen molar-refractivity contribution >= 4 is 28.4 Å². The largest absolute Gasteiger partial charge is 0.508 e. The van der Waals surface area contributed by atoms with Crippen molar-refractivity contribution in [1.82, 2.24) is 9.97 Å². The van der Waals surface area contributed by atoms with Crippen molar-refractivity contribution in [2.24, 2.45) is 0 Å². The molecule has 1 fully saturated rings. The van der Waals surface area contributed by atoms with E-state index in [2.05, 4.69) is 4.90 Å². The summed E-state index contributed by atoms with van der Waals surface area (Å²) in [5.74, 6) is 1.34. The van der Waals surface area contributed by atoms with E-state index in [0.29, 0.717) is 56.6 Å². The molecule has 3 heterocycles. The summed E-state index contributed by atoms with van der Waals surface area (Å²) in [4.78, 5) is 27.3. The van der Waals surface area contributed by atoms with Crippen LogP contribution in [-0.2, 0) is 11.2 Å². The summed E-state index contributed by atoms with van der Waals surface area (Å²) in [7, 11) is 0. The van der Waals surface area contributed by atoms with Gasteiger partial charge >= 0.3 is 0 Å². The van der Waals surface area contributed by atoms with Crippen LogP contribution in [0.25, 0.3) is 22.0 Å². The minimum atomic E-state index is -0.0713. The van der Waals surface area contributed by atoms with Crippen LogP contribution in [0.4, 0.5) is 11.8 Å². The number of anilines is 2. The van der Waals surface area contributed by atoms with Crippen molar-refractivity contribution in [3.63, 3.8) is 0 Å². The Morgan fingerprint density at radius 3 is 2.53 bits per heavy atom. The van der Waals surface area contributed by atoms with Crippen LogP contribution in [0.3, 0.4) is 0 Å². The van der Waals surface area contributed by atoms with E-state index in [-0.39, 0.29) is 11.7 Å². The highest BCUT2D eigenvalue weighted by Gasteiger charge is 2.32. The molecule has 2 aliphatic rings. The first-order valence-electron chi connectivity index (χ1n) is 11.5. The van der Waals surface area contributed by atoms with Gasteiger partial charge in [0, 0.05) is 36.3 Å². The second-order valence-corrected chi connectivity index (χ2v) is 8.59. The number of rotatable bonds is 3. The molecule has 0 aliphatic carbocycles. The number of phenolic OH excluding ortho intramolecular Hbond substituents is 1. The van der Waals surface area contributed by atoms with Gasteiger partial charge in [0.2, 0.25) is 5.95 Å². The fraction of sp³-hybridized carbons (Fsp3) is 0.222. The third kappa shape index (κ3) is 3.64. The van der Waals surface area contributed by atoms with E-state index >= 15 is 0 Å². The molecular weight excluding hydrogens is 428 g/mol. The van der Waals surface area contributed by atoms with E-state index in [1.807, 2.05) is 48.5 Å². The molecular formula is C27H24N4O3. The number of benzene rings is 3. The van der Waals surface area contributed by atoms with Crippen LogP contribution in [0, 0.1) is 0 Å². The van der Waals surface area contributed by atoms with Crippen LogP contribution in [-0.4, -0.2) is 53.8 Å². The molecule has 4 aromatic rings. The number of phenols is 1. The standard InChI is InChI=1S/C27H24N4O3/c32-22-7-3-6-20(17-22)24-23-10-11-31(25(23)29-27(28-24)30-12-14-34-15-13-30)26(33)21-9-8-18-4-1-2-5-19(18)16-21/h1-9,16-17,32H,10-15H2. The molecule has 3 aromatic carbocycles. The van der Waals surface area contributed by atoms with Crippen molar-refractivity contribution in [2.45, 2.75) is 6.42 Å². The van der Waals surface area contributed by atoms with Crippen molar-refractivity contribution in [3.8, 4) is 17.0 Å². The lowest BCUT2D eigenvalue weighted by Crippen LogP contribution is -2.38. The third-order valence-electron chi connectivity index (χ3n) is 6.47. The molecule has 1 N–H and O–H groups in total. The molecule has 34 heavy (non-hydrogen) atoms. The number of aromatic hydroxyl groups is 1. The van der Waals surface area contributed by atoms with E-state index in [1.165, 1.54) is 0 Å². The van der Waals surface area contributed by atoms with E-state index in [9.17, 15) is 9.90 Å². The van der Waals surface area contributed by atoms with E-state index in [4.69, 9.17) is 14.7 Å². The second-order valence-electron chi connectivity index (χ2n) is 8.59. The van der Waals surface area contributed by atoms with Gasteiger partial charge in [-0.3, -0.25) is 9.69 Å². The number of fused-ring (bicyclic) bond motifs is 2. The number of morpholine rings is 1. The van der Waals surface area contributed by atoms with Gasteiger partial charge in [-0.2, -0.15) is 4.98 Å². The average molecular weight is 453 g/mol. The number of ether oxygens (including phenoxy) is 1. The average Bonchev–Trinajstić information content (AvgIpc) is 3.32. The molecule has 1 amide bonds. The van der Waals surface area contributed by atoms with Crippen molar-refractivity contribution in [3.05, 3.63) is 77.9 Å². The summed E-state index contributed by atoms with van der Waals surface area (Å²) in [5, 5.41) is 12.2. The Bertz CT molecular complexity index is 1400. The van der Waals surface area contributed by atoms with Gasteiger partial charge in [0.1, 0.15) is 11.6 Å². The third-order valence-corrected chi connectivity index (χ3v) is 6.47. The first-order valence-corrected chi connectivity index (χ1v) is 11.5. The maximum absolute atomic E-state index is 13.6. The molecule has 1 saturated heterocycles. The van der Waals surface area contributed by atoms with Gasteiger partial charge in [0.15, 0.2) is 0 Å². The maximum atomic E-state index is 13.6. The van der Waals surface area contributed by atoms with Crippen LogP contribution in [0.1, 0.15) is 15.9 Å². The molecule has 2 aliphatic heterocycles. The number of carbonyl (C=O) groups excluding carboxylic acids is 1. The maximum Gasteiger partial charge on any atom is 0.259 e. The predicted molar refractivity (Wildman–Crippen MR) is 131 cm³/mol. The summed E-state index contributed by atoms with van der Waals surface area (Å²) < 4.78 is 5.50. The quantitative estimate of drug-likeness (QED) is 0.505. The minimum absolute atomic E-state index is 0.0713. The Morgan fingerprint density at radius 1 is 0.882 bits per heavy atom. The number of nitrogens with zero attached hydrogens (tertiary/aromatic N) is 4. The lowest BCUT2D eigenvalue weighted by atomic mass is 10.1. The molecule has 0 unspecified atom stereocenters. The summed E-state index contributed by atoms with van der Waals surface area (Å²) in [5.41, 5.74) is 3.14. The van der Waals surface area contributed by atoms with Crippen molar-refractivity contribution in [2.75, 3.05) is 42.6 Å². The molecule has 0 spiro atoms. The van der Waals surface area contributed by atoms with Crippen LogP contribution in [0.5, 0.6) is 5.75 Å². The fourth-order valence-corrected chi connectivity index (χ4v) is 4.72. The zero-order valence-electron chi connectivity index (χ0n) is 18.6. The number of hydrogen-bond donors (Lipinski definition) is 1. The highest BCUT2D eigenvalue weighted by Crippen LogP contribution is 2.37. The summed E-state index contributed by atoms with van der Waals surface area (Å²) in [6.07, 6.45) is 0.656. The van der Waals surface area contributed by atoms with Crippen LogP contribution in [0.2, 0.25) is 0 Å². The number of aromatic nitrogens is 2. The topological polar surface area (TPSA) is 78.8 Å². The Balaban J connectivity index is 1.45.